The van der Waals surface area contributed by atoms with Crippen LogP contribution < -0.4 is 0 Å². The van der Waals surface area contributed by atoms with Crippen LogP contribution in [0.3, 0.4) is 0 Å². The average molecular weight is 496 g/mol. The molecule has 37 heavy (non-hydrogen) atoms. The van der Waals surface area contributed by atoms with Crippen molar-refractivity contribution in [2.75, 3.05) is 0 Å². The Kier molecular flexibility index (Phi) is 6.28. The topological polar surface area (TPSA) is 38.7 Å². The molecule has 5 aromatic carbocycles. The molecule has 4 heteroatoms. The maximum atomic E-state index is 6.33. The van der Waals surface area contributed by atoms with Crippen molar-refractivity contribution in [1.29, 1.82) is 0 Å². The van der Waals surface area contributed by atoms with Crippen LogP contribution in [0.25, 0.3) is 56.4 Å². The van der Waals surface area contributed by atoms with Crippen LogP contribution in [0.1, 0.15) is 0 Å². The summed E-state index contributed by atoms with van der Waals surface area (Å²) < 4.78 is 0. The first-order valence-corrected chi connectivity index (χ1v) is 12.5. The zero-order chi connectivity index (χ0) is 25.0. The second kappa shape index (κ2) is 10.2. The summed E-state index contributed by atoms with van der Waals surface area (Å²) in [5.41, 5.74) is 7.13. The molecule has 0 saturated heterocycles. The van der Waals surface area contributed by atoms with Gasteiger partial charge in [-0.05, 0) is 40.5 Å². The smallest absolute Gasteiger partial charge is 0.164 e. The van der Waals surface area contributed by atoms with Gasteiger partial charge in [0.1, 0.15) is 0 Å². The Morgan fingerprint density at radius 2 is 0.838 bits per heavy atom. The molecule has 0 aliphatic carbocycles. The first kappa shape index (κ1) is 22.8. The summed E-state index contributed by atoms with van der Waals surface area (Å²) in [5, 5.41) is 0.636. The van der Waals surface area contributed by atoms with Crippen molar-refractivity contribution >= 4 is 11.6 Å². The predicted molar refractivity (Wildman–Crippen MR) is 152 cm³/mol. The minimum atomic E-state index is 0.579. The van der Waals surface area contributed by atoms with Gasteiger partial charge >= 0.3 is 0 Å². The van der Waals surface area contributed by atoms with Crippen LogP contribution in [0.4, 0.5) is 0 Å². The lowest BCUT2D eigenvalue weighted by atomic mass is 9.99. The lowest BCUT2D eigenvalue weighted by Gasteiger charge is -2.12. The van der Waals surface area contributed by atoms with E-state index in [-0.39, 0.29) is 0 Å². The molecule has 6 rings (SSSR count). The number of rotatable bonds is 5. The van der Waals surface area contributed by atoms with Crippen molar-refractivity contribution in [1.82, 2.24) is 15.0 Å². The largest absolute Gasteiger partial charge is 0.208 e. The lowest BCUT2D eigenvalue weighted by Crippen LogP contribution is -2.01. The number of hydrogen-bond donors (Lipinski definition) is 0. The first-order valence-electron chi connectivity index (χ1n) is 12.1. The van der Waals surface area contributed by atoms with Gasteiger partial charge in [-0.1, -0.05) is 127 Å². The third kappa shape index (κ3) is 4.90. The van der Waals surface area contributed by atoms with Gasteiger partial charge in [0, 0.05) is 21.7 Å². The molecule has 0 aliphatic rings. The molecule has 0 amide bonds. The molecule has 1 aromatic heterocycles. The summed E-state index contributed by atoms with van der Waals surface area (Å²) in [7, 11) is 0. The van der Waals surface area contributed by atoms with Gasteiger partial charge < -0.3 is 0 Å². The highest BCUT2D eigenvalue weighted by atomic mass is 35.5. The van der Waals surface area contributed by atoms with E-state index in [4.69, 9.17) is 26.6 Å². The summed E-state index contributed by atoms with van der Waals surface area (Å²) in [6, 6.07) is 44.7. The molecular formula is C33H22ClN3. The SMILES string of the molecule is Clc1cccc(-c2nc(-c3cccc(-c4ccccc4)c3)nc(-c3ccccc3-c3ccccc3)n2)c1. The standard InChI is InChI=1S/C33H22ClN3/c34-28-18-10-17-27(22-28)32-35-31(26-16-9-15-25(21-26)23-11-3-1-4-12-23)36-33(37-32)30-20-8-7-19-29(30)24-13-5-2-6-14-24/h1-22H. The van der Waals surface area contributed by atoms with Crippen molar-refractivity contribution in [2.45, 2.75) is 0 Å². The van der Waals surface area contributed by atoms with Crippen molar-refractivity contribution in [3.8, 4) is 56.4 Å². The number of benzene rings is 5. The van der Waals surface area contributed by atoms with E-state index in [0.717, 1.165) is 38.9 Å². The fourth-order valence-electron chi connectivity index (χ4n) is 4.40. The van der Waals surface area contributed by atoms with Gasteiger partial charge in [0.05, 0.1) is 0 Å². The van der Waals surface area contributed by atoms with Gasteiger partial charge in [-0.25, -0.2) is 15.0 Å². The maximum Gasteiger partial charge on any atom is 0.164 e. The van der Waals surface area contributed by atoms with Crippen molar-refractivity contribution < 1.29 is 0 Å². The van der Waals surface area contributed by atoms with E-state index >= 15 is 0 Å². The molecule has 0 atom stereocenters. The van der Waals surface area contributed by atoms with Crippen LogP contribution in [0.15, 0.2) is 133 Å². The van der Waals surface area contributed by atoms with E-state index in [9.17, 15) is 0 Å². The Morgan fingerprint density at radius 3 is 1.51 bits per heavy atom. The fraction of sp³-hybridized carbons (Fsp3) is 0. The Labute approximate surface area is 221 Å². The van der Waals surface area contributed by atoms with Gasteiger partial charge in [0.2, 0.25) is 0 Å². The zero-order valence-corrected chi connectivity index (χ0v) is 20.7. The molecule has 0 aliphatic heterocycles. The highest BCUT2D eigenvalue weighted by Gasteiger charge is 2.16. The molecular weight excluding hydrogens is 474 g/mol. The maximum absolute atomic E-state index is 6.33. The lowest BCUT2D eigenvalue weighted by molar-refractivity contribution is 1.07. The number of aromatic nitrogens is 3. The summed E-state index contributed by atoms with van der Waals surface area (Å²) >= 11 is 6.33. The molecule has 0 saturated carbocycles. The molecule has 0 spiro atoms. The Morgan fingerprint density at radius 1 is 0.351 bits per heavy atom. The van der Waals surface area contributed by atoms with Crippen molar-refractivity contribution in [2.24, 2.45) is 0 Å². The Bertz CT molecular complexity index is 1680. The van der Waals surface area contributed by atoms with Crippen LogP contribution in [-0.2, 0) is 0 Å². The van der Waals surface area contributed by atoms with E-state index in [0.29, 0.717) is 22.5 Å². The highest BCUT2D eigenvalue weighted by molar-refractivity contribution is 6.30. The Balaban J connectivity index is 1.55. The predicted octanol–water partition coefficient (Wildman–Crippen LogP) is 8.86. The minimum absolute atomic E-state index is 0.579. The summed E-state index contributed by atoms with van der Waals surface area (Å²) in [5.74, 6) is 1.81. The average Bonchev–Trinajstić information content (AvgIpc) is 2.98. The zero-order valence-electron chi connectivity index (χ0n) is 19.9. The quantitative estimate of drug-likeness (QED) is 0.240. The molecule has 0 N–H and O–H groups in total. The second-order valence-electron chi connectivity index (χ2n) is 8.68. The van der Waals surface area contributed by atoms with E-state index in [1.165, 1.54) is 0 Å². The molecule has 0 radical (unpaired) electrons. The normalized spacial score (nSPS) is 10.8. The highest BCUT2D eigenvalue weighted by Crippen LogP contribution is 2.33. The van der Waals surface area contributed by atoms with Crippen molar-refractivity contribution in [3.05, 3.63) is 138 Å². The van der Waals surface area contributed by atoms with Gasteiger partial charge in [-0.2, -0.15) is 0 Å². The van der Waals surface area contributed by atoms with Crippen LogP contribution >= 0.6 is 11.6 Å². The number of hydrogen-bond acceptors (Lipinski definition) is 3. The van der Waals surface area contributed by atoms with E-state index in [2.05, 4.69) is 48.5 Å². The monoisotopic (exact) mass is 495 g/mol. The first-order chi connectivity index (χ1) is 18.2. The van der Waals surface area contributed by atoms with Crippen LogP contribution in [0, 0.1) is 0 Å². The van der Waals surface area contributed by atoms with Gasteiger partial charge in [0.25, 0.3) is 0 Å². The fourth-order valence-corrected chi connectivity index (χ4v) is 4.59. The summed E-state index contributed by atoms with van der Waals surface area (Å²) in [6.07, 6.45) is 0. The third-order valence-electron chi connectivity index (χ3n) is 6.20. The number of halogens is 1. The van der Waals surface area contributed by atoms with Crippen LogP contribution in [0.5, 0.6) is 0 Å². The molecule has 3 nitrogen and oxygen atoms in total. The molecule has 0 bridgehead atoms. The molecule has 0 unspecified atom stereocenters. The van der Waals surface area contributed by atoms with Crippen LogP contribution in [-0.4, -0.2) is 15.0 Å². The van der Waals surface area contributed by atoms with Gasteiger partial charge in [0.15, 0.2) is 17.5 Å². The minimum Gasteiger partial charge on any atom is -0.208 e. The summed E-state index contributed by atoms with van der Waals surface area (Å²) in [4.78, 5) is 14.8. The number of nitrogens with zero attached hydrogens (tertiary/aromatic N) is 3. The van der Waals surface area contributed by atoms with E-state index < -0.39 is 0 Å². The van der Waals surface area contributed by atoms with Gasteiger partial charge in [-0.3, -0.25) is 0 Å². The Hall–Kier alpha value is -4.60. The van der Waals surface area contributed by atoms with Crippen LogP contribution in [0.2, 0.25) is 5.02 Å². The van der Waals surface area contributed by atoms with E-state index in [1.54, 1.807) is 0 Å². The van der Waals surface area contributed by atoms with Gasteiger partial charge in [-0.15, -0.1) is 0 Å². The molecule has 176 valence electrons. The van der Waals surface area contributed by atoms with E-state index in [1.807, 2.05) is 84.9 Å². The molecule has 6 aromatic rings. The molecule has 0 fully saturated rings. The third-order valence-corrected chi connectivity index (χ3v) is 6.43. The summed E-state index contributed by atoms with van der Waals surface area (Å²) in [6.45, 7) is 0. The molecule has 1 heterocycles. The second-order valence-corrected chi connectivity index (χ2v) is 9.11. The van der Waals surface area contributed by atoms with Crippen molar-refractivity contribution in [3.63, 3.8) is 0 Å².